The van der Waals surface area contributed by atoms with Gasteiger partial charge in [0.2, 0.25) is 11.8 Å². The molecule has 10 heterocycles. The molecule has 6 fully saturated rings. The monoisotopic (exact) mass is 1710 g/mol. The first kappa shape index (κ1) is 90.4. The fraction of sp³-hybridized carbons (Fsp3) is 0.439. The average molecular weight is 1710 g/mol. The number of nitrogens with zero attached hydrogens (tertiary/aromatic N) is 18. The van der Waals surface area contributed by atoms with Crippen molar-refractivity contribution in [3.63, 3.8) is 0 Å². The number of nitrogen functional groups attached to an aromatic ring is 4. The normalized spacial score (nSPS) is 16.6. The van der Waals surface area contributed by atoms with Gasteiger partial charge in [0.15, 0.2) is 0 Å². The number of carbonyl (C=O) groups excluding carboxylic acids is 4. The quantitative estimate of drug-likeness (QED) is 0.0161. The van der Waals surface area contributed by atoms with E-state index in [4.69, 9.17) is 61.2 Å². The van der Waals surface area contributed by atoms with Crippen LogP contribution in [0.4, 0.5) is 88.5 Å². The summed E-state index contributed by atoms with van der Waals surface area (Å²) in [7, 11) is 5.84. The third-order valence-electron chi connectivity index (χ3n) is 20.3. The van der Waals surface area contributed by atoms with Crippen LogP contribution in [0.15, 0.2) is 131 Å². The lowest BCUT2D eigenvalue weighted by atomic mass is 9.96. The molecule has 2 unspecified atom stereocenters. The SMILES string of the molecule is CO/N=C/c1c(N)ncnc1N1CCC(NC(=O)Nc2ccc(OC(C)C)cc2)C1.CO/N=C/c1c(N)ncnc1N1CCC(NC(=O)Nc2ccc(OC(C)C)cc2)CC1.CO/N=C/c1c(N)ncnc1N1CCC(NC(=O)Nc2ccc(OC3CCC3)nc2)C1.CO/N=C/c1c(N)ncnc1N1CCC(NC(=O)Nc2ccc(OC3CCC3)nc2)CC1. The van der Waals surface area contributed by atoms with Crippen molar-refractivity contribution in [2.45, 2.75) is 153 Å². The average Bonchev–Trinajstić information content (AvgIpc) is 1.64. The highest BCUT2D eigenvalue weighted by atomic mass is 16.6. The number of anilines is 12. The Bertz CT molecular complexity index is 4860. The summed E-state index contributed by atoms with van der Waals surface area (Å²) in [6, 6.07) is 20.7. The lowest BCUT2D eigenvalue weighted by Crippen LogP contribution is -2.46. The molecule has 6 aromatic heterocycles. The number of benzene rings is 2. The summed E-state index contributed by atoms with van der Waals surface area (Å²) >= 11 is 0. The van der Waals surface area contributed by atoms with Crippen LogP contribution in [-0.4, -0.2) is 228 Å². The van der Waals surface area contributed by atoms with Gasteiger partial charge in [0, 0.05) is 100 Å². The number of nitrogens with two attached hydrogens (primary N) is 4. The summed E-state index contributed by atoms with van der Waals surface area (Å²) in [4.78, 5) is 119. The Hall–Kier alpha value is -14.4. The van der Waals surface area contributed by atoms with E-state index in [0.29, 0.717) is 136 Å². The zero-order valence-corrected chi connectivity index (χ0v) is 70.7. The maximum Gasteiger partial charge on any atom is 0.319 e. The largest absolute Gasteiger partial charge is 0.491 e. The second-order valence-electron chi connectivity index (χ2n) is 29.9. The number of hydrogen-bond acceptors (Lipinski definition) is 34. The molecule has 42 heteroatoms. The molecule has 4 aliphatic heterocycles. The van der Waals surface area contributed by atoms with Crippen LogP contribution in [0.25, 0.3) is 0 Å². The molecule has 2 atom stereocenters. The molecule has 0 radical (unpaired) electrons. The highest BCUT2D eigenvalue weighted by molar-refractivity contribution is 5.96. The molecular weight excluding hydrogens is 1600 g/mol. The van der Waals surface area contributed by atoms with E-state index in [1.54, 1.807) is 36.7 Å². The van der Waals surface area contributed by atoms with Gasteiger partial charge in [-0.05, 0) is 165 Å². The first-order valence-corrected chi connectivity index (χ1v) is 40.9. The van der Waals surface area contributed by atoms with Gasteiger partial charge in [-0.3, -0.25) is 0 Å². The number of urea groups is 4. The Morgan fingerprint density at radius 3 is 0.911 bits per heavy atom. The van der Waals surface area contributed by atoms with Gasteiger partial charge in [-0.1, -0.05) is 20.6 Å². The number of ether oxygens (including phenoxy) is 4. The Kier molecular flexibility index (Phi) is 33.4. The molecule has 0 bridgehead atoms. The van der Waals surface area contributed by atoms with Crippen molar-refractivity contribution in [1.29, 1.82) is 0 Å². The zero-order chi connectivity index (χ0) is 87.7. The number of rotatable bonds is 28. The molecule has 124 heavy (non-hydrogen) atoms. The third kappa shape index (κ3) is 27.3. The van der Waals surface area contributed by atoms with Gasteiger partial charge in [-0.2, -0.15) is 0 Å². The summed E-state index contributed by atoms with van der Waals surface area (Å²) < 4.78 is 22.7. The number of piperidine rings is 2. The van der Waals surface area contributed by atoms with Crippen molar-refractivity contribution in [1.82, 2.24) is 71.1 Å². The van der Waals surface area contributed by atoms with Gasteiger partial charge in [-0.25, -0.2) is 69.0 Å². The first-order chi connectivity index (χ1) is 60.2. The van der Waals surface area contributed by atoms with Crippen LogP contribution in [0, 0.1) is 0 Å². The number of carbonyl (C=O) groups is 4. The van der Waals surface area contributed by atoms with Crippen molar-refractivity contribution in [3.8, 4) is 23.3 Å². The molecule has 8 amide bonds. The Morgan fingerprint density at radius 1 is 0.363 bits per heavy atom. The van der Waals surface area contributed by atoms with Gasteiger partial charge < -0.3 is 123 Å². The van der Waals surface area contributed by atoms with E-state index in [1.165, 1.54) is 91.4 Å². The number of oxime groups is 4. The second-order valence-corrected chi connectivity index (χ2v) is 29.9. The molecular formula is C82H110N30O12. The number of nitrogens with one attached hydrogen (secondary N) is 8. The molecule has 0 spiro atoms. The molecule has 16 N–H and O–H groups in total. The van der Waals surface area contributed by atoms with Crippen LogP contribution in [-0.2, 0) is 19.4 Å². The molecule has 2 saturated carbocycles. The van der Waals surface area contributed by atoms with E-state index in [-0.39, 0.29) is 72.7 Å². The minimum Gasteiger partial charge on any atom is -0.491 e. The van der Waals surface area contributed by atoms with E-state index in [2.05, 4.69) is 123 Å². The summed E-state index contributed by atoms with van der Waals surface area (Å²) in [5.74, 6) is 6.76. The molecule has 6 aliphatic rings. The van der Waals surface area contributed by atoms with E-state index in [0.717, 1.165) is 95.3 Å². The smallest absolute Gasteiger partial charge is 0.319 e. The maximum absolute atomic E-state index is 12.4. The summed E-state index contributed by atoms with van der Waals surface area (Å²) in [5, 5.41) is 38.5. The molecule has 2 aliphatic carbocycles. The molecule has 14 rings (SSSR count). The van der Waals surface area contributed by atoms with Crippen LogP contribution < -0.4 is 104 Å². The Labute approximate surface area is 718 Å². The van der Waals surface area contributed by atoms with Gasteiger partial charge in [0.1, 0.15) is 124 Å². The van der Waals surface area contributed by atoms with E-state index in [1.807, 2.05) is 86.0 Å². The van der Waals surface area contributed by atoms with E-state index in [9.17, 15) is 19.2 Å². The maximum atomic E-state index is 12.4. The fourth-order valence-corrected chi connectivity index (χ4v) is 13.7. The Morgan fingerprint density at radius 2 is 0.637 bits per heavy atom. The van der Waals surface area contributed by atoms with Crippen LogP contribution >= 0.6 is 0 Å². The predicted octanol–water partition coefficient (Wildman–Crippen LogP) is 8.77. The molecule has 4 saturated heterocycles. The van der Waals surface area contributed by atoms with Crippen LogP contribution in [0.1, 0.15) is 127 Å². The summed E-state index contributed by atoms with van der Waals surface area (Å²) in [5.41, 5.74) is 28.9. The summed E-state index contributed by atoms with van der Waals surface area (Å²) in [6.07, 6.45) is 27.0. The van der Waals surface area contributed by atoms with Crippen molar-refractivity contribution in [2.75, 3.05) is 145 Å². The molecule has 2 aromatic carbocycles. The number of hydrogen-bond donors (Lipinski definition) is 12. The van der Waals surface area contributed by atoms with E-state index >= 15 is 0 Å². The highest BCUT2D eigenvalue weighted by Gasteiger charge is 2.32. The van der Waals surface area contributed by atoms with Gasteiger partial charge >= 0.3 is 24.1 Å². The minimum absolute atomic E-state index is 0.0306. The summed E-state index contributed by atoms with van der Waals surface area (Å²) in [6.45, 7) is 13.4. The van der Waals surface area contributed by atoms with Crippen LogP contribution in [0.5, 0.6) is 23.3 Å². The van der Waals surface area contributed by atoms with Gasteiger partial charge in [0.05, 0.1) is 83.1 Å². The van der Waals surface area contributed by atoms with E-state index < -0.39 is 0 Å². The second kappa shape index (κ2) is 45.9. The van der Waals surface area contributed by atoms with Crippen molar-refractivity contribution in [3.05, 3.63) is 133 Å². The fourth-order valence-electron chi connectivity index (χ4n) is 13.7. The molecule has 660 valence electrons. The van der Waals surface area contributed by atoms with Gasteiger partial charge in [0.25, 0.3) is 0 Å². The number of aromatic nitrogens is 10. The van der Waals surface area contributed by atoms with Crippen molar-refractivity contribution < 1.29 is 57.5 Å². The topological polar surface area (TPSA) is 534 Å². The minimum atomic E-state index is -0.287. The molecule has 42 nitrogen and oxygen atoms in total. The number of pyridine rings is 2. The zero-order valence-electron chi connectivity index (χ0n) is 70.7. The van der Waals surface area contributed by atoms with Crippen LogP contribution in [0.3, 0.4) is 0 Å². The van der Waals surface area contributed by atoms with Crippen molar-refractivity contribution in [2.24, 2.45) is 20.6 Å². The van der Waals surface area contributed by atoms with Crippen LogP contribution in [0.2, 0.25) is 0 Å². The highest BCUT2D eigenvalue weighted by Crippen LogP contribution is 2.32. The lowest BCUT2D eigenvalue weighted by molar-refractivity contribution is 0.114. The first-order valence-electron chi connectivity index (χ1n) is 40.9. The standard InChI is InChI=1S/C21H28N8O3.C21H29N7O3.C20H26N8O3.C20H27N7O3/c1-31-26-12-17-19(22)24-13-25-20(17)29-9-7-14(8-10-29)27-21(30)28-15-5-6-18(23-11-15)32-16-3-2-4-16;1-14(2)31-17-6-4-15(5-7-17)26-21(29)27-16-8-10-28(11-9-16)20-18(12-25-30-3)19(22)23-13-24-20;1-30-25-10-16-18(21)23-12-24-19(16)28-8-7-14(11-28)27-20(29)26-13-5-6-17(22-9-13)31-15-3-2-4-15;1-13(2)30-16-6-4-14(5-7-16)25-20(28)26-15-8-9-27(11-15)19-17(10-24-29-3)18(21)22-12-23-19/h5-6,11-14,16H,2-4,7-10H2,1H3,(H2,22,24,25)(H2,27,28,30);4-7,12-14,16H,8-11H2,1-3H3,(H2,22,23,24)(H2,26,27,29);5-6,9-10,12,14-15H,2-4,7-8,11H2,1H3,(H2,21,23,24)(H2,26,27,29);4-7,10,12-13,15H,8-9,11H2,1-3H3,(H2,21,22,23)(H2,25,26,28)/b26-12+;25-12+;25-10+;24-10+. The van der Waals surface area contributed by atoms with Gasteiger partial charge in [-0.15, -0.1) is 0 Å². The molecule has 8 aromatic rings. The van der Waals surface area contributed by atoms with Crippen molar-refractivity contribution >= 4 is 118 Å². The predicted molar refractivity (Wildman–Crippen MR) is 474 cm³/mol. The lowest BCUT2D eigenvalue weighted by Gasteiger charge is -2.33. The number of amides is 8. The Balaban J connectivity index is 0.000000161. The third-order valence-corrected chi connectivity index (χ3v) is 20.3.